The van der Waals surface area contributed by atoms with Crippen molar-refractivity contribution in [3.8, 4) is 12.1 Å². The maximum Gasteiger partial charge on any atom is 0.421 e. The number of carbonyl (C=O) groups excluding carboxylic acids is 1. The fourth-order valence-electron chi connectivity index (χ4n) is 6.40. The number of hydrogen-bond donors (Lipinski definition) is 0. The number of benzene rings is 1. The van der Waals surface area contributed by atoms with Crippen LogP contribution >= 0.6 is 0 Å². The zero-order chi connectivity index (χ0) is 32.7. The van der Waals surface area contributed by atoms with E-state index in [1.54, 1.807) is 6.92 Å². The summed E-state index contributed by atoms with van der Waals surface area (Å²) in [5.41, 5.74) is -0.532. The summed E-state index contributed by atoms with van der Waals surface area (Å²) in [6.07, 6.45) is -2.77. The van der Waals surface area contributed by atoms with Crippen LogP contribution < -0.4 is 14.5 Å². The Morgan fingerprint density at radius 3 is 2.60 bits per heavy atom. The molecule has 0 radical (unpaired) electrons. The molecule has 14 heteroatoms. The van der Waals surface area contributed by atoms with Gasteiger partial charge >= 0.3 is 12.2 Å². The van der Waals surface area contributed by atoms with E-state index in [1.807, 2.05) is 19.0 Å². The lowest BCUT2D eigenvalue weighted by Gasteiger charge is -2.43. The Bertz CT molecular complexity index is 1500. The first-order valence-corrected chi connectivity index (χ1v) is 14.8. The summed E-state index contributed by atoms with van der Waals surface area (Å²) in [5, 5.41) is 9.45. The van der Waals surface area contributed by atoms with Crippen molar-refractivity contribution in [2.24, 2.45) is 5.41 Å². The predicted molar refractivity (Wildman–Crippen MR) is 157 cm³/mol. The molecule has 1 aromatic carbocycles. The molecule has 45 heavy (non-hydrogen) atoms. The molecular formula is C31H36F5N7O2. The Morgan fingerprint density at radius 1 is 1.24 bits per heavy atom. The van der Waals surface area contributed by atoms with Crippen LogP contribution in [0.1, 0.15) is 43.0 Å². The third-order valence-corrected chi connectivity index (χ3v) is 8.70. The smallest absolute Gasteiger partial charge is 0.421 e. The second-order valence-electron chi connectivity index (χ2n) is 12.5. The number of piperazine rings is 1. The topological polar surface area (TPSA) is 88.8 Å². The lowest BCUT2D eigenvalue weighted by molar-refractivity contribution is -0.139. The van der Waals surface area contributed by atoms with Crippen LogP contribution in [0, 0.1) is 22.6 Å². The highest BCUT2D eigenvalue weighted by molar-refractivity contribution is 5.91. The van der Waals surface area contributed by atoms with Gasteiger partial charge in [-0.05, 0) is 52.4 Å². The molecular weight excluding hydrogens is 597 g/mol. The van der Waals surface area contributed by atoms with Gasteiger partial charge in [-0.3, -0.25) is 4.79 Å². The summed E-state index contributed by atoms with van der Waals surface area (Å²) in [4.78, 5) is 28.6. The van der Waals surface area contributed by atoms with E-state index in [9.17, 15) is 32.0 Å². The molecule has 2 unspecified atom stereocenters. The van der Waals surface area contributed by atoms with E-state index in [0.29, 0.717) is 23.7 Å². The standard InChI is InChI=1S/C31H36F5N7O2/c1-19-14-22-24(16-43(19)25-7-5-6-23(33)26(25)31(34,35)36)38-29(45-18-30(9-10-30)17-40(3)4)39-27(22)41-12-13-42(28(44)20(2)32)21(15-41)8-11-37/h5-7,19,21H,2,8-10,12-18H2,1,3-4H3. The van der Waals surface area contributed by atoms with Gasteiger partial charge in [-0.2, -0.15) is 28.4 Å². The Labute approximate surface area is 258 Å². The fraction of sp³-hybridized carbons (Fsp3) is 0.548. The molecule has 1 aliphatic carbocycles. The molecule has 2 aromatic rings. The van der Waals surface area contributed by atoms with Crippen LogP contribution in [0.4, 0.5) is 33.5 Å². The predicted octanol–water partition coefficient (Wildman–Crippen LogP) is 4.72. The Hall–Kier alpha value is -3.99. The Balaban J connectivity index is 1.52. The van der Waals surface area contributed by atoms with E-state index in [2.05, 4.69) is 22.5 Å². The van der Waals surface area contributed by atoms with Crippen molar-refractivity contribution in [3.63, 3.8) is 0 Å². The molecule has 242 valence electrons. The van der Waals surface area contributed by atoms with E-state index >= 15 is 0 Å². The van der Waals surface area contributed by atoms with Crippen molar-refractivity contribution >= 4 is 17.4 Å². The maximum atomic E-state index is 14.6. The van der Waals surface area contributed by atoms with Gasteiger partial charge in [0.25, 0.3) is 5.91 Å². The molecule has 9 nitrogen and oxygen atoms in total. The zero-order valence-electron chi connectivity index (χ0n) is 25.5. The molecule has 1 saturated carbocycles. The van der Waals surface area contributed by atoms with Crippen molar-refractivity contribution in [3.05, 3.63) is 53.2 Å². The molecule has 2 aliphatic heterocycles. The average molecular weight is 634 g/mol. The Kier molecular flexibility index (Phi) is 8.95. The van der Waals surface area contributed by atoms with Crippen molar-refractivity contribution in [1.82, 2.24) is 19.8 Å². The van der Waals surface area contributed by atoms with Crippen LogP contribution in [0.25, 0.3) is 0 Å². The number of nitriles is 1. The summed E-state index contributed by atoms with van der Waals surface area (Å²) < 4.78 is 76.5. The molecule has 2 fully saturated rings. The van der Waals surface area contributed by atoms with Crippen molar-refractivity contribution in [2.75, 3.05) is 56.7 Å². The summed E-state index contributed by atoms with van der Waals surface area (Å²) in [6, 6.07) is 4.29. The monoisotopic (exact) mass is 633 g/mol. The molecule has 0 N–H and O–H groups in total. The van der Waals surface area contributed by atoms with Gasteiger partial charge in [-0.25, -0.2) is 8.78 Å². The highest BCUT2D eigenvalue weighted by atomic mass is 19.4. The molecule has 3 heterocycles. The zero-order valence-corrected chi connectivity index (χ0v) is 25.5. The minimum absolute atomic E-state index is 0.0503. The van der Waals surface area contributed by atoms with Gasteiger partial charge in [0.2, 0.25) is 0 Å². The fourth-order valence-corrected chi connectivity index (χ4v) is 6.40. The first-order valence-electron chi connectivity index (χ1n) is 14.8. The molecule has 1 saturated heterocycles. The minimum Gasteiger partial charge on any atom is -0.463 e. The minimum atomic E-state index is -4.91. The average Bonchev–Trinajstić information content (AvgIpc) is 3.73. The van der Waals surface area contributed by atoms with Gasteiger partial charge in [-0.1, -0.05) is 12.6 Å². The number of fused-ring (bicyclic) bond motifs is 1. The normalized spacial score (nSPS) is 20.9. The van der Waals surface area contributed by atoms with E-state index in [0.717, 1.165) is 25.5 Å². The molecule has 0 bridgehead atoms. The largest absolute Gasteiger partial charge is 0.463 e. The number of nitrogens with zero attached hydrogens (tertiary/aromatic N) is 7. The lowest BCUT2D eigenvalue weighted by Crippen LogP contribution is -2.56. The molecule has 2 atom stereocenters. The first-order chi connectivity index (χ1) is 21.2. The summed E-state index contributed by atoms with van der Waals surface area (Å²) in [7, 11) is 3.95. The quantitative estimate of drug-likeness (QED) is 0.290. The third-order valence-electron chi connectivity index (χ3n) is 8.70. The number of carbonyl (C=O) groups is 1. The van der Waals surface area contributed by atoms with E-state index in [1.165, 1.54) is 21.9 Å². The van der Waals surface area contributed by atoms with Crippen LogP contribution in [0.3, 0.4) is 0 Å². The highest BCUT2D eigenvalue weighted by Gasteiger charge is 2.45. The number of halogens is 5. The number of rotatable bonds is 9. The van der Waals surface area contributed by atoms with Crippen molar-refractivity contribution in [1.29, 1.82) is 5.26 Å². The van der Waals surface area contributed by atoms with Gasteiger partial charge in [-0.15, -0.1) is 0 Å². The van der Waals surface area contributed by atoms with Crippen LogP contribution in [-0.2, 0) is 23.9 Å². The van der Waals surface area contributed by atoms with Gasteiger partial charge in [0.15, 0.2) is 5.83 Å². The number of anilines is 2. The van der Waals surface area contributed by atoms with Gasteiger partial charge < -0.3 is 24.3 Å². The Morgan fingerprint density at radius 2 is 1.98 bits per heavy atom. The third kappa shape index (κ3) is 6.83. The van der Waals surface area contributed by atoms with Crippen molar-refractivity contribution in [2.45, 2.75) is 57.4 Å². The molecule has 1 amide bonds. The van der Waals surface area contributed by atoms with Gasteiger partial charge in [0, 0.05) is 43.2 Å². The highest BCUT2D eigenvalue weighted by Crippen LogP contribution is 2.46. The lowest BCUT2D eigenvalue weighted by atomic mass is 9.96. The van der Waals surface area contributed by atoms with E-state index in [-0.39, 0.29) is 56.1 Å². The first kappa shape index (κ1) is 32.4. The molecule has 0 spiro atoms. The number of hydrogen-bond acceptors (Lipinski definition) is 8. The van der Waals surface area contributed by atoms with Gasteiger partial charge in [0.05, 0.1) is 43.1 Å². The van der Waals surface area contributed by atoms with Crippen LogP contribution in [-0.4, -0.2) is 84.6 Å². The number of ether oxygens (including phenoxy) is 1. The van der Waals surface area contributed by atoms with Crippen LogP contribution in [0.2, 0.25) is 0 Å². The van der Waals surface area contributed by atoms with Crippen LogP contribution in [0.15, 0.2) is 30.6 Å². The second kappa shape index (κ2) is 12.4. The summed E-state index contributed by atoms with van der Waals surface area (Å²) >= 11 is 0. The SMILES string of the molecule is C=C(F)C(=O)N1CCN(c2nc(OCC3(CN(C)C)CC3)nc3c2CC(C)N(c2cccc(F)c2C(F)(F)F)C3)CC1CC#N. The van der Waals surface area contributed by atoms with Gasteiger partial charge in [0.1, 0.15) is 17.2 Å². The molecule has 3 aliphatic rings. The second-order valence-corrected chi connectivity index (χ2v) is 12.5. The van der Waals surface area contributed by atoms with Crippen molar-refractivity contribution < 1.29 is 31.5 Å². The molecule has 5 rings (SSSR count). The number of alkyl halides is 3. The number of amides is 1. The summed E-state index contributed by atoms with van der Waals surface area (Å²) in [5.74, 6) is -2.85. The number of aromatic nitrogens is 2. The van der Waals surface area contributed by atoms with Crippen LogP contribution in [0.5, 0.6) is 6.01 Å². The summed E-state index contributed by atoms with van der Waals surface area (Å²) in [6.45, 7) is 6.49. The van der Waals surface area contributed by atoms with E-state index < -0.39 is 41.4 Å². The molecule has 1 aromatic heterocycles. The maximum absolute atomic E-state index is 14.6. The van der Waals surface area contributed by atoms with E-state index in [4.69, 9.17) is 9.72 Å².